The van der Waals surface area contributed by atoms with Gasteiger partial charge in [0.05, 0.1) is 17.8 Å². The predicted molar refractivity (Wildman–Crippen MR) is 82.3 cm³/mol. The summed E-state index contributed by atoms with van der Waals surface area (Å²) in [7, 11) is -3.77. The lowest BCUT2D eigenvalue weighted by Crippen LogP contribution is -2.25. The Kier molecular flexibility index (Phi) is 5.62. The number of aliphatic hydroxyl groups excluding tert-OH is 1. The van der Waals surface area contributed by atoms with Crippen LogP contribution >= 0.6 is 7.82 Å². The van der Waals surface area contributed by atoms with E-state index in [0.717, 1.165) is 5.56 Å². The summed E-state index contributed by atoms with van der Waals surface area (Å²) in [6.45, 7) is 10.6. The molecule has 0 amide bonds. The number of phosphoric ester groups is 1. The maximum Gasteiger partial charge on any atom is 0.531 e. The predicted octanol–water partition coefficient (Wildman–Crippen LogP) is 4.30. The molecule has 120 valence electrons. The molecular formula is C15H25O5P. The van der Waals surface area contributed by atoms with Crippen LogP contribution in [0.25, 0.3) is 0 Å². The van der Waals surface area contributed by atoms with Crippen molar-refractivity contribution in [1.29, 1.82) is 0 Å². The molecule has 6 heteroatoms. The van der Waals surface area contributed by atoms with Gasteiger partial charge in [0, 0.05) is 0 Å². The van der Waals surface area contributed by atoms with Gasteiger partial charge in [0.25, 0.3) is 0 Å². The van der Waals surface area contributed by atoms with Gasteiger partial charge in [-0.2, -0.15) is 0 Å². The Morgan fingerprint density at radius 2 is 1.38 bits per heavy atom. The molecule has 0 radical (unpaired) electrons. The molecule has 0 saturated carbocycles. The average Bonchev–Trinajstić information content (AvgIpc) is 2.24. The van der Waals surface area contributed by atoms with Gasteiger partial charge in [-0.05, 0) is 59.2 Å². The number of rotatable bonds is 5. The van der Waals surface area contributed by atoms with Crippen LogP contribution in [0.5, 0.6) is 5.75 Å². The Balaban J connectivity index is 2.98. The van der Waals surface area contributed by atoms with Crippen molar-refractivity contribution in [2.45, 2.75) is 59.4 Å². The molecule has 1 aromatic rings. The van der Waals surface area contributed by atoms with Gasteiger partial charge in [0.1, 0.15) is 5.75 Å². The van der Waals surface area contributed by atoms with Gasteiger partial charge in [-0.1, -0.05) is 12.1 Å². The van der Waals surface area contributed by atoms with Crippen LogP contribution in [0, 0.1) is 0 Å². The van der Waals surface area contributed by atoms with Crippen molar-refractivity contribution >= 4 is 7.82 Å². The van der Waals surface area contributed by atoms with E-state index in [1.165, 1.54) is 0 Å². The minimum Gasteiger partial charge on any atom is -0.404 e. The van der Waals surface area contributed by atoms with Gasteiger partial charge >= 0.3 is 7.82 Å². The van der Waals surface area contributed by atoms with E-state index in [4.69, 9.17) is 18.7 Å². The van der Waals surface area contributed by atoms with Crippen LogP contribution in [-0.2, 0) is 20.2 Å². The van der Waals surface area contributed by atoms with Crippen molar-refractivity contribution in [2.24, 2.45) is 0 Å². The van der Waals surface area contributed by atoms with E-state index in [1.807, 2.05) is 0 Å². The molecule has 0 saturated heterocycles. The largest absolute Gasteiger partial charge is 0.531 e. The zero-order chi connectivity index (χ0) is 16.3. The van der Waals surface area contributed by atoms with Crippen molar-refractivity contribution in [3.05, 3.63) is 29.8 Å². The summed E-state index contributed by atoms with van der Waals surface area (Å²) >= 11 is 0. The smallest absolute Gasteiger partial charge is 0.404 e. The molecule has 0 aliphatic rings. The minimum atomic E-state index is -3.77. The fourth-order valence-corrected chi connectivity index (χ4v) is 3.34. The van der Waals surface area contributed by atoms with Crippen LogP contribution in [0.15, 0.2) is 24.3 Å². The lowest BCUT2D eigenvalue weighted by atomic mass is 10.2. The summed E-state index contributed by atoms with van der Waals surface area (Å²) in [5.41, 5.74) is -0.608. The molecule has 1 N–H and O–H groups in total. The summed E-state index contributed by atoms with van der Waals surface area (Å²) in [5.74, 6) is 0.365. The van der Waals surface area contributed by atoms with E-state index in [2.05, 4.69) is 0 Å². The van der Waals surface area contributed by atoms with Gasteiger partial charge in [0.15, 0.2) is 0 Å². The Hall–Kier alpha value is -0.870. The number of hydrogen-bond acceptors (Lipinski definition) is 5. The van der Waals surface area contributed by atoms with Crippen molar-refractivity contribution in [3.8, 4) is 5.75 Å². The maximum atomic E-state index is 12.9. The van der Waals surface area contributed by atoms with Crippen LogP contribution < -0.4 is 4.52 Å². The third kappa shape index (κ3) is 7.09. The zero-order valence-electron chi connectivity index (χ0n) is 13.5. The van der Waals surface area contributed by atoms with Gasteiger partial charge in [-0.15, -0.1) is 0 Å². The van der Waals surface area contributed by atoms with E-state index in [-0.39, 0.29) is 6.61 Å². The molecule has 5 nitrogen and oxygen atoms in total. The Morgan fingerprint density at radius 3 is 1.71 bits per heavy atom. The van der Waals surface area contributed by atoms with Crippen LogP contribution in [-0.4, -0.2) is 16.3 Å². The van der Waals surface area contributed by atoms with Gasteiger partial charge in [0.2, 0.25) is 0 Å². The van der Waals surface area contributed by atoms with E-state index >= 15 is 0 Å². The second kappa shape index (κ2) is 6.49. The number of benzene rings is 1. The van der Waals surface area contributed by atoms with Crippen LogP contribution in [0.2, 0.25) is 0 Å². The highest BCUT2D eigenvalue weighted by Gasteiger charge is 2.38. The number of aliphatic hydroxyl groups is 1. The standard InChI is InChI=1S/C15H25O5P/c1-14(2,3)19-21(17,20-15(4,5)6)18-13-9-7-12(11-16)8-10-13/h7-10,16H,11H2,1-6H3. The normalized spacial score (nSPS) is 13.3. The van der Waals surface area contributed by atoms with Crippen molar-refractivity contribution in [2.75, 3.05) is 0 Å². The molecule has 0 unspecified atom stereocenters. The second-order valence-electron chi connectivity index (χ2n) is 6.75. The summed E-state index contributed by atoms with van der Waals surface area (Å²) in [5, 5.41) is 9.02. The first-order valence-corrected chi connectivity index (χ1v) is 8.29. The average molecular weight is 316 g/mol. The molecule has 1 rings (SSSR count). The maximum absolute atomic E-state index is 12.9. The fourth-order valence-electron chi connectivity index (χ4n) is 1.51. The lowest BCUT2D eigenvalue weighted by Gasteiger charge is -2.30. The molecule has 0 spiro atoms. The van der Waals surface area contributed by atoms with Gasteiger partial charge < -0.3 is 9.63 Å². The van der Waals surface area contributed by atoms with Gasteiger partial charge in [-0.25, -0.2) is 4.57 Å². The number of phosphoric acid groups is 1. The first-order valence-electron chi connectivity index (χ1n) is 6.83. The number of hydrogen-bond donors (Lipinski definition) is 1. The highest BCUT2D eigenvalue weighted by Crippen LogP contribution is 2.55. The van der Waals surface area contributed by atoms with E-state index in [1.54, 1.807) is 65.8 Å². The monoisotopic (exact) mass is 316 g/mol. The summed E-state index contributed by atoms with van der Waals surface area (Å²) in [6, 6.07) is 6.62. The van der Waals surface area contributed by atoms with Crippen molar-refractivity contribution in [1.82, 2.24) is 0 Å². The van der Waals surface area contributed by atoms with Crippen molar-refractivity contribution in [3.63, 3.8) is 0 Å². The molecule has 0 bridgehead atoms. The highest BCUT2D eigenvalue weighted by atomic mass is 31.2. The Morgan fingerprint density at radius 1 is 0.952 bits per heavy atom. The van der Waals surface area contributed by atoms with Crippen LogP contribution in [0.3, 0.4) is 0 Å². The topological polar surface area (TPSA) is 65.0 Å². The molecule has 21 heavy (non-hydrogen) atoms. The Bertz CT molecular complexity index is 476. The van der Waals surface area contributed by atoms with Crippen molar-refractivity contribution < 1.29 is 23.2 Å². The first kappa shape index (κ1) is 18.2. The quantitative estimate of drug-likeness (QED) is 0.821. The molecule has 1 aromatic carbocycles. The third-order valence-corrected chi connectivity index (χ3v) is 4.07. The summed E-state index contributed by atoms with van der Waals surface area (Å²) in [4.78, 5) is 0. The summed E-state index contributed by atoms with van der Waals surface area (Å²) in [6.07, 6.45) is 0. The SMILES string of the molecule is CC(C)(C)OP(=O)(Oc1ccc(CO)cc1)OC(C)(C)C. The van der Waals surface area contributed by atoms with Crippen LogP contribution in [0.1, 0.15) is 47.1 Å². The van der Waals surface area contributed by atoms with E-state index in [0.29, 0.717) is 5.75 Å². The first-order chi connectivity index (χ1) is 9.42. The molecule has 0 aliphatic heterocycles. The summed E-state index contributed by atoms with van der Waals surface area (Å²) < 4.78 is 29.4. The molecule has 0 aliphatic carbocycles. The van der Waals surface area contributed by atoms with Gasteiger partial charge in [-0.3, -0.25) is 9.05 Å². The molecule has 0 fully saturated rings. The molecule has 0 atom stereocenters. The van der Waals surface area contributed by atoms with E-state index in [9.17, 15) is 4.57 Å². The second-order valence-corrected chi connectivity index (χ2v) is 8.19. The zero-order valence-corrected chi connectivity index (χ0v) is 14.4. The fraction of sp³-hybridized carbons (Fsp3) is 0.600. The lowest BCUT2D eigenvalue weighted by molar-refractivity contribution is 0.0224. The Labute approximate surface area is 126 Å². The molecule has 0 aromatic heterocycles. The third-order valence-electron chi connectivity index (χ3n) is 2.09. The molecular weight excluding hydrogens is 291 g/mol. The van der Waals surface area contributed by atoms with E-state index < -0.39 is 19.0 Å². The minimum absolute atomic E-state index is 0.0606. The molecule has 0 heterocycles. The highest BCUT2D eigenvalue weighted by molar-refractivity contribution is 7.49. The van der Waals surface area contributed by atoms with Crippen LogP contribution in [0.4, 0.5) is 0 Å².